The molecule has 0 aliphatic carbocycles. The third-order valence-corrected chi connectivity index (χ3v) is 11.6. The summed E-state index contributed by atoms with van der Waals surface area (Å²) in [5, 5.41) is 12.1. The second kappa shape index (κ2) is 16.0. The maximum Gasteiger partial charge on any atom is 0.414 e. The van der Waals surface area contributed by atoms with Crippen LogP contribution in [0.1, 0.15) is 42.0 Å². The van der Waals surface area contributed by atoms with E-state index >= 15 is 17.6 Å². The van der Waals surface area contributed by atoms with Gasteiger partial charge in [-0.3, -0.25) is 15.0 Å². The van der Waals surface area contributed by atoms with Gasteiger partial charge in [0.25, 0.3) is 0 Å². The van der Waals surface area contributed by atoms with Crippen LogP contribution in [0.4, 0.5) is 17.6 Å². The Morgan fingerprint density at radius 2 is 1.42 bits per heavy atom. The highest BCUT2D eigenvalue weighted by atomic mass is 79.9. The molecule has 1 aliphatic rings. The van der Waals surface area contributed by atoms with Gasteiger partial charge in [-0.15, -0.1) is 11.8 Å². The maximum atomic E-state index is 16.9. The number of aliphatic hydroxyl groups excluding tert-OH is 1. The highest BCUT2D eigenvalue weighted by Crippen LogP contribution is 2.51. The van der Waals surface area contributed by atoms with Gasteiger partial charge in [-0.1, -0.05) is 126 Å². The number of amides is 1. The van der Waals surface area contributed by atoms with E-state index in [4.69, 9.17) is 4.74 Å². The van der Waals surface area contributed by atoms with Crippen LogP contribution in [-0.2, 0) is 24.6 Å². The maximum absolute atomic E-state index is 16.9. The number of nitrogens with zero attached hydrogens (tertiary/aromatic N) is 1. The summed E-state index contributed by atoms with van der Waals surface area (Å²) in [4.78, 5) is 28.7. The first-order chi connectivity index (χ1) is 24.7. The first-order valence-electron chi connectivity index (χ1n) is 16.5. The summed E-state index contributed by atoms with van der Waals surface area (Å²) in [6.07, 6.45) is -6.25. The number of thioether (sulfide) groups is 1. The smallest absolute Gasteiger partial charge is 0.414 e. The predicted octanol–water partition coefficient (Wildman–Crippen LogP) is 8.29. The first kappa shape index (κ1) is 39.2. The number of likely N-dealkylation sites (tertiary alicyclic amines) is 1. The molecule has 274 valence electrons. The second-order valence-corrected chi connectivity index (χ2v) is 14.9. The first-order valence-corrected chi connectivity index (χ1v) is 18.3. The molecule has 1 heterocycles. The van der Waals surface area contributed by atoms with E-state index in [9.17, 15) is 14.7 Å². The highest BCUT2D eigenvalue weighted by molar-refractivity contribution is 9.10. The van der Waals surface area contributed by atoms with Crippen molar-refractivity contribution in [1.29, 1.82) is 0 Å². The van der Waals surface area contributed by atoms with Crippen molar-refractivity contribution in [1.82, 2.24) is 10.2 Å². The SMILES string of the molecule is C=C(CCO)[C@](N[C@H]1CC(C)(F)N([C@@H](CSC(c2ccccc2)(c2ccccc2)c2ccccc2)C(=O)OC)C1=O)(c1ccc(Br)cc1)C(F)(F)F. The number of ether oxygens (including phenoxy) is 1. The number of carbonyl (C=O) groups excluding carboxylic acids is 2. The quantitative estimate of drug-likeness (QED) is 0.0440. The molecule has 5 rings (SSSR count). The molecule has 1 aliphatic heterocycles. The Hall–Kier alpha value is -3.97. The highest BCUT2D eigenvalue weighted by Gasteiger charge is 2.62. The number of halogens is 5. The molecule has 52 heavy (non-hydrogen) atoms. The van der Waals surface area contributed by atoms with Gasteiger partial charge in [-0.05, 0) is 53.3 Å². The van der Waals surface area contributed by atoms with E-state index in [0.717, 1.165) is 30.7 Å². The van der Waals surface area contributed by atoms with Gasteiger partial charge in [0.05, 0.1) is 17.9 Å². The summed E-state index contributed by atoms with van der Waals surface area (Å²) in [5.41, 5.74) is -1.25. The van der Waals surface area contributed by atoms with Gasteiger partial charge in [-0.2, -0.15) is 13.2 Å². The number of esters is 1. The molecule has 1 amide bonds. The number of hydrogen-bond donors (Lipinski definition) is 2. The Morgan fingerprint density at radius 1 is 0.942 bits per heavy atom. The molecule has 0 spiro atoms. The summed E-state index contributed by atoms with van der Waals surface area (Å²) in [5.74, 6) is -4.72. The number of rotatable bonds is 14. The van der Waals surface area contributed by atoms with Gasteiger partial charge in [0.2, 0.25) is 5.91 Å². The van der Waals surface area contributed by atoms with E-state index in [0.29, 0.717) is 9.37 Å². The van der Waals surface area contributed by atoms with E-state index in [1.165, 1.54) is 36.0 Å². The lowest BCUT2D eigenvalue weighted by atomic mass is 9.80. The minimum atomic E-state index is -5.08. The molecule has 4 atom stereocenters. The summed E-state index contributed by atoms with van der Waals surface area (Å²) >= 11 is 4.53. The summed E-state index contributed by atoms with van der Waals surface area (Å²) in [7, 11) is 1.12. The number of hydrogen-bond acceptors (Lipinski definition) is 6. The molecule has 4 aromatic rings. The molecule has 1 fully saturated rings. The standard InChI is InChI=1S/C40H39BrF4N2O4S/c1-27(23-24-48)39(40(43,44)45,31-19-21-32(41)22-20-31)46-33-25-37(2,42)47(35(33)49)34(36(50)51-3)26-52-38(28-13-7-4-8-14-28,29-15-9-5-10-16-29)30-17-11-6-12-18-30/h4-22,33-34,46,48H,1,23-26H2,2-3H3/t33-,34-,37?,39-/m0/s1. The van der Waals surface area contributed by atoms with Crippen molar-refractivity contribution in [3.05, 3.63) is 154 Å². The average molecular weight is 800 g/mol. The van der Waals surface area contributed by atoms with Crippen LogP contribution in [0.15, 0.2) is 132 Å². The Morgan fingerprint density at radius 3 is 1.85 bits per heavy atom. The molecule has 0 radical (unpaired) electrons. The van der Waals surface area contributed by atoms with Crippen molar-refractivity contribution in [3.8, 4) is 0 Å². The van der Waals surface area contributed by atoms with E-state index in [1.807, 2.05) is 91.0 Å². The van der Waals surface area contributed by atoms with Gasteiger partial charge >= 0.3 is 12.1 Å². The fraction of sp³-hybridized carbons (Fsp3) is 0.300. The van der Waals surface area contributed by atoms with Crippen molar-refractivity contribution in [2.75, 3.05) is 19.5 Å². The Labute approximate surface area is 313 Å². The van der Waals surface area contributed by atoms with E-state index in [2.05, 4.69) is 27.8 Å². The van der Waals surface area contributed by atoms with Gasteiger partial charge < -0.3 is 9.84 Å². The monoisotopic (exact) mass is 798 g/mol. The largest absolute Gasteiger partial charge is 0.467 e. The zero-order valence-electron chi connectivity index (χ0n) is 28.6. The van der Waals surface area contributed by atoms with Crippen molar-refractivity contribution in [2.45, 2.75) is 54.1 Å². The van der Waals surface area contributed by atoms with Crippen molar-refractivity contribution < 1.29 is 37.0 Å². The van der Waals surface area contributed by atoms with Gasteiger partial charge in [-0.25, -0.2) is 9.18 Å². The summed E-state index contributed by atoms with van der Waals surface area (Å²) in [6.45, 7) is 4.10. The van der Waals surface area contributed by atoms with E-state index in [1.54, 1.807) is 0 Å². The fourth-order valence-corrected chi connectivity index (χ4v) is 8.89. The second-order valence-electron chi connectivity index (χ2n) is 12.7. The minimum absolute atomic E-state index is 0.183. The summed E-state index contributed by atoms with van der Waals surface area (Å²) in [6, 6.07) is 30.6. The number of benzene rings is 4. The molecule has 6 nitrogen and oxygen atoms in total. The lowest BCUT2D eigenvalue weighted by Crippen LogP contribution is -2.60. The lowest BCUT2D eigenvalue weighted by Gasteiger charge is -2.41. The van der Waals surface area contributed by atoms with Crippen molar-refractivity contribution in [3.63, 3.8) is 0 Å². The average Bonchev–Trinajstić information content (AvgIpc) is 3.36. The van der Waals surface area contributed by atoms with E-state index in [-0.39, 0.29) is 11.3 Å². The molecule has 0 bridgehead atoms. The minimum Gasteiger partial charge on any atom is -0.467 e. The van der Waals surface area contributed by atoms with Gasteiger partial charge in [0.15, 0.2) is 11.3 Å². The number of methoxy groups -OCH3 is 1. The molecular formula is C40H39BrF4N2O4S. The van der Waals surface area contributed by atoms with Crippen LogP contribution in [0.25, 0.3) is 0 Å². The Balaban J connectivity index is 1.59. The third kappa shape index (κ3) is 7.44. The van der Waals surface area contributed by atoms with Crippen LogP contribution >= 0.6 is 27.7 Å². The summed E-state index contributed by atoms with van der Waals surface area (Å²) < 4.78 is 67.7. The molecule has 4 aromatic carbocycles. The van der Waals surface area contributed by atoms with Crippen molar-refractivity contribution >= 4 is 39.6 Å². The molecule has 12 heteroatoms. The predicted molar refractivity (Wildman–Crippen MR) is 198 cm³/mol. The van der Waals surface area contributed by atoms with E-state index < -0.39 is 71.2 Å². The van der Waals surface area contributed by atoms with Crippen molar-refractivity contribution in [2.24, 2.45) is 0 Å². The number of carbonyl (C=O) groups is 2. The van der Waals surface area contributed by atoms with Crippen LogP contribution in [0, 0.1) is 0 Å². The van der Waals surface area contributed by atoms with Crippen LogP contribution in [0.3, 0.4) is 0 Å². The van der Waals surface area contributed by atoms with Gasteiger partial charge in [0.1, 0.15) is 6.04 Å². The van der Waals surface area contributed by atoms with Crippen LogP contribution in [-0.4, -0.2) is 65.4 Å². The molecule has 0 aromatic heterocycles. The fourth-order valence-electron chi connectivity index (χ4n) is 7.02. The molecule has 2 N–H and O–H groups in total. The normalized spacial score (nSPS) is 19.6. The molecule has 0 saturated carbocycles. The third-order valence-electron chi connectivity index (χ3n) is 9.44. The molecule has 1 unspecified atom stereocenters. The Bertz CT molecular complexity index is 1750. The van der Waals surface area contributed by atoms with Gasteiger partial charge in [0, 0.05) is 23.3 Å². The van der Waals surface area contributed by atoms with Crippen LogP contribution in [0.5, 0.6) is 0 Å². The lowest BCUT2D eigenvalue weighted by molar-refractivity contribution is -0.192. The number of nitrogens with one attached hydrogen (secondary N) is 1. The topological polar surface area (TPSA) is 78.9 Å². The molecular weight excluding hydrogens is 760 g/mol. The Kier molecular flexibility index (Phi) is 12.0. The number of alkyl halides is 4. The van der Waals surface area contributed by atoms with Crippen LogP contribution < -0.4 is 5.32 Å². The zero-order chi connectivity index (χ0) is 37.7. The zero-order valence-corrected chi connectivity index (χ0v) is 31.0. The van der Waals surface area contributed by atoms with Crippen LogP contribution in [0.2, 0.25) is 0 Å². The number of aliphatic hydroxyl groups is 1. The molecule has 1 saturated heterocycles.